The van der Waals surface area contributed by atoms with E-state index in [0.717, 1.165) is 15.6 Å². The van der Waals surface area contributed by atoms with Gasteiger partial charge in [0.05, 0.1) is 10.8 Å². The largest absolute Gasteiger partial charge is 0.450 e. The van der Waals surface area contributed by atoms with Crippen molar-refractivity contribution in [3.8, 4) is 11.5 Å². The Morgan fingerprint density at radius 1 is 1.25 bits per heavy atom. The van der Waals surface area contributed by atoms with Crippen LogP contribution in [0.25, 0.3) is 0 Å². The van der Waals surface area contributed by atoms with E-state index in [4.69, 9.17) is 16.3 Å². The number of nitrogens with zero attached hydrogens (tertiary/aromatic N) is 1. The molecule has 0 aromatic heterocycles. The van der Waals surface area contributed by atoms with Gasteiger partial charge in [-0.15, -0.1) is 11.6 Å². The monoisotopic (exact) mass is 355 g/mol. The van der Waals surface area contributed by atoms with Crippen LogP contribution < -0.4 is 4.74 Å². The maximum atomic E-state index is 11.1. The molecule has 0 bridgehead atoms. The fourth-order valence-corrected chi connectivity index (χ4v) is 2.34. The smallest absolute Gasteiger partial charge is 0.311 e. The molecule has 0 fully saturated rings. The third-order valence-corrected chi connectivity index (χ3v) is 3.48. The molecule has 2 aromatic rings. The highest BCUT2D eigenvalue weighted by Gasteiger charge is 2.17. The zero-order valence-corrected chi connectivity index (χ0v) is 12.9. The van der Waals surface area contributed by atoms with E-state index in [1.54, 1.807) is 31.2 Å². The number of benzene rings is 2. The molecule has 0 amide bonds. The van der Waals surface area contributed by atoms with E-state index in [9.17, 15) is 10.1 Å². The third-order valence-electron chi connectivity index (χ3n) is 2.70. The van der Waals surface area contributed by atoms with Gasteiger partial charge in [0.25, 0.3) is 0 Å². The van der Waals surface area contributed by atoms with E-state index in [0.29, 0.717) is 5.75 Å². The first-order valence-electron chi connectivity index (χ1n) is 5.78. The summed E-state index contributed by atoms with van der Waals surface area (Å²) in [6.07, 6.45) is 0. The first kappa shape index (κ1) is 14.8. The highest BCUT2D eigenvalue weighted by Crippen LogP contribution is 2.35. The standard InChI is InChI=1S/C14H11BrClNO3/c1-9-2-4-14(12(6-9)17(18)19)20-13-5-3-11(15)7-10(13)8-16/h2-7H,8H2,1H3. The summed E-state index contributed by atoms with van der Waals surface area (Å²) in [7, 11) is 0. The van der Waals surface area contributed by atoms with Crippen molar-refractivity contribution in [2.75, 3.05) is 0 Å². The Kier molecular flexibility index (Phi) is 4.62. The molecule has 20 heavy (non-hydrogen) atoms. The maximum Gasteiger partial charge on any atom is 0.311 e. The summed E-state index contributed by atoms with van der Waals surface area (Å²) in [6.45, 7) is 1.79. The maximum absolute atomic E-state index is 11.1. The van der Waals surface area contributed by atoms with E-state index in [1.165, 1.54) is 6.07 Å². The Morgan fingerprint density at radius 3 is 2.60 bits per heavy atom. The van der Waals surface area contributed by atoms with Gasteiger partial charge in [-0.1, -0.05) is 22.0 Å². The molecular weight excluding hydrogens is 346 g/mol. The van der Waals surface area contributed by atoms with Crippen LogP contribution in [0.2, 0.25) is 0 Å². The van der Waals surface area contributed by atoms with Crippen LogP contribution in [0.3, 0.4) is 0 Å². The Bertz CT molecular complexity index is 661. The molecule has 0 spiro atoms. The van der Waals surface area contributed by atoms with E-state index >= 15 is 0 Å². The molecule has 0 aliphatic carbocycles. The normalized spacial score (nSPS) is 10.3. The number of ether oxygens (including phenoxy) is 1. The van der Waals surface area contributed by atoms with Gasteiger partial charge in [0.2, 0.25) is 5.75 Å². The number of rotatable bonds is 4. The number of aryl methyl sites for hydroxylation is 1. The molecule has 6 heteroatoms. The van der Waals surface area contributed by atoms with E-state index < -0.39 is 4.92 Å². The van der Waals surface area contributed by atoms with Crippen LogP contribution in [0.5, 0.6) is 11.5 Å². The number of hydrogen-bond donors (Lipinski definition) is 0. The van der Waals surface area contributed by atoms with Crippen molar-refractivity contribution < 1.29 is 9.66 Å². The minimum absolute atomic E-state index is 0.0616. The van der Waals surface area contributed by atoms with Crippen LogP contribution in [0, 0.1) is 17.0 Å². The van der Waals surface area contributed by atoms with Crippen molar-refractivity contribution in [2.24, 2.45) is 0 Å². The third kappa shape index (κ3) is 3.29. The average molecular weight is 357 g/mol. The summed E-state index contributed by atoms with van der Waals surface area (Å²) in [5.74, 6) is 0.971. The first-order valence-corrected chi connectivity index (χ1v) is 7.11. The SMILES string of the molecule is Cc1ccc(Oc2ccc(Br)cc2CCl)c([N+](=O)[O-])c1. The van der Waals surface area contributed by atoms with Gasteiger partial charge >= 0.3 is 5.69 Å². The zero-order chi connectivity index (χ0) is 14.7. The Labute approximate surface area is 129 Å². The van der Waals surface area contributed by atoms with Gasteiger partial charge < -0.3 is 4.74 Å². The molecule has 0 aliphatic rings. The summed E-state index contributed by atoms with van der Waals surface area (Å²) in [5, 5.41) is 11.1. The second-order valence-corrected chi connectivity index (χ2v) is 5.40. The Morgan fingerprint density at radius 2 is 1.95 bits per heavy atom. The van der Waals surface area contributed by atoms with Crippen LogP contribution in [0.1, 0.15) is 11.1 Å². The summed E-state index contributed by atoms with van der Waals surface area (Å²) in [4.78, 5) is 10.6. The second-order valence-electron chi connectivity index (χ2n) is 4.22. The van der Waals surface area contributed by atoms with Crippen molar-refractivity contribution in [3.63, 3.8) is 0 Å². The predicted octanol–water partition coefficient (Wildman–Crippen LogP) is 5.20. The molecule has 0 unspecified atom stereocenters. The number of hydrogen-bond acceptors (Lipinski definition) is 3. The topological polar surface area (TPSA) is 52.4 Å². The molecule has 0 saturated carbocycles. The van der Waals surface area contributed by atoms with Crippen LogP contribution in [-0.2, 0) is 5.88 Å². The minimum atomic E-state index is -0.457. The first-order chi connectivity index (χ1) is 9.51. The number of nitro groups is 1. The summed E-state index contributed by atoms with van der Waals surface area (Å²) in [6, 6.07) is 10.2. The van der Waals surface area contributed by atoms with Gasteiger partial charge in [0.15, 0.2) is 0 Å². The lowest BCUT2D eigenvalue weighted by atomic mass is 10.2. The highest BCUT2D eigenvalue weighted by molar-refractivity contribution is 9.10. The molecule has 0 aliphatic heterocycles. The van der Waals surface area contributed by atoms with Crippen molar-refractivity contribution in [2.45, 2.75) is 12.8 Å². The molecule has 104 valence electrons. The van der Waals surface area contributed by atoms with Crippen LogP contribution in [0.15, 0.2) is 40.9 Å². The lowest BCUT2D eigenvalue weighted by Gasteiger charge is -2.10. The number of nitro benzene ring substituents is 1. The van der Waals surface area contributed by atoms with Crippen molar-refractivity contribution in [3.05, 3.63) is 62.1 Å². The van der Waals surface area contributed by atoms with Crippen molar-refractivity contribution in [1.29, 1.82) is 0 Å². The summed E-state index contributed by atoms with van der Waals surface area (Å²) < 4.78 is 6.53. The van der Waals surface area contributed by atoms with E-state index in [-0.39, 0.29) is 17.3 Å². The zero-order valence-electron chi connectivity index (χ0n) is 10.6. The Balaban J connectivity index is 2.42. The molecule has 0 atom stereocenters. The Hall–Kier alpha value is -1.59. The van der Waals surface area contributed by atoms with Gasteiger partial charge in [-0.2, -0.15) is 0 Å². The van der Waals surface area contributed by atoms with Gasteiger partial charge in [-0.3, -0.25) is 10.1 Å². The summed E-state index contributed by atoms with van der Waals surface area (Å²) >= 11 is 9.21. The highest BCUT2D eigenvalue weighted by atomic mass is 79.9. The average Bonchev–Trinajstić information content (AvgIpc) is 2.42. The molecule has 0 radical (unpaired) electrons. The number of halogens is 2. The molecule has 0 heterocycles. The van der Waals surface area contributed by atoms with Crippen LogP contribution in [0.4, 0.5) is 5.69 Å². The van der Waals surface area contributed by atoms with Gasteiger partial charge in [-0.05, 0) is 36.8 Å². The quantitative estimate of drug-likeness (QED) is 0.430. The molecule has 2 rings (SSSR count). The fourth-order valence-electron chi connectivity index (χ4n) is 1.73. The summed E-state index contributed by atoms with van der Waals surface area (Å²) in [5.41, 5.74) is 1.50. The second kappa shape index (κ2) is 6.24. The molecule has 0 saturated heterocycles. The van der Waals surface area contributed by atoms with Crippen molar-refractivity contribution >= 4 is 33.2 Å². The van der Waals surface area contributed by atoms with Crippen molar-refractivity contribution in [1.82, 2.24) is 0 Å². The molecule has 2 aromatic carbocycles. The predicted molar refractivity (Wildman–Crippen MR) is 81.6 cm³/mol. The molecule has 4 nitrogen and oxygen atoms in total. The van der Waals surface area contributed by atoms with Gasteiger partial charge in [-0.25, -0.2) is 0 Å². The molecule has 0 N–H and O–H groups in total. The van der Waals surface area contributed by atoms with E-state index in [2.05, 4.69) is 15.9 Å². The van der Waals surface area contributed by atoms with Crippen LogP contribution in [-0.4, -0.2) is 4.92 Å². The van der Waals surface area contributed by atoms with Gasteiger partial charge in [0, 0.05) is 16.1 Å². The van der Waals surface area contributed by atoms with Crippen LogP contribution >= 0.6 is 27.5 Å². The minimum Gasteiger partial charge on any atom is -0.450 e. The number of alkyl halides is 1. The fraction of sp³-hybridized carbons (Fsp3) is 0.143. The lowest BCUT2D eigenvalue weighted by molar-refractivity contribution is -0.385. The van der Waals surface area contributed by atoms with Gasteiger partial charge in [0.1, 0.15) is 5.75 Å². The van der Waals surface area contributed by atoms with E-state index in [1.807, 2.05) is 6.07 Å². The molecular formula is C14H11BrClNO3. The lowest BCUT2D eigenvalue weighted by Crippen LogP contribution is -1.96.